The van der Waals surface area contributed by atoms with Gasteiger partial charge in [-0.3, -0.25) is 4.79 Å². The highest BCUT2D eigenvalue weighted by Crippen LogP contribution is 2.20. The van der Waals surface area contributed by atoms with Crippen molar-refractivity contribution in [3.05, 3.63) is 29.3 Å². The Bertz CT molecular complexity index is 655. The molecule has 0 spiro atoms. The van der Waals surface area contributed by atoms with Gasteiger partial charge in [0.05, 0.1) is 4.90 Å². The molecule has 2 unspecified atom stereocenters. The van der Waals surface area contributed by atoms with Crippen molar-refractivity contribution in [1.82, 2.24) is 10.2 Å². The highest BCUT2D eigenvalue weighted by atomic mass is 32.2. The zero-order chi connectivity index (χ0) is 15.8. The Morgan fingerprint density at radius 2 is 2.00 bits per heavy atom. The summed E-state index contributed by atoms with van der Waals surface area (Å²) in [5.41, 5.74) is 1.10. The Labute approximate surface area is 126 Å². The van der Waals surface area contributed by atoms with Gasteiger partial charge in [-0.25, -0.2) is 8.42 Å². The number of nitrogens with one attached hydrogen (secondary N) is 1. The summed E-state index contributed by atoms with van der Waals surface area (Å²) in [6.45, 7) is 7.16. The second-order valence-corrected chi connectivity index (χ2v) is 7.72. The fourth-order valence-electron chi connectivity index (χ4n) is 2.64. The maximum atomic E-state index is 12.6. The summed E-state index contributed by atoms with van der Waals surface area (Å²) in [5.74, 6) is -0.110. The Hall–Kier alpha value is -1.40. The maximum absolute atomic E-state index is 12.6. The van der Waals surface area contributed by atoms with Gasteiger partial charge in [-0.2, -0.15) is 0 Å². The Morgan fingerprint density at radius 1 is 1.33 bits per heavy atom. The Morgan fingerprint density at radius 3 is 2.62 bits per heavy atom. The monoisotopic (exact) mass is 310 g/mol. The quantitative estimate of drug-likeness (QED) is 0.892. The molecule has 1 aliphatic rings. The van der Waals surface area contributed by atoms with E-state index >= 15 is 0 Å². The molecule has 1 aliphatic heterocycles. The lowest BCUT2D eigenvalue weighted by Gasteiger charge is -2.38. The molecule has 21 heavy (non-hydrogen) atoms. The molecule has 116 valence electrons. The Balaban J connectivity index is 2.36. The second kappa shape index (κ2) is 5.77. The molecule has 0 radical (unpaired) electrons. The first-order valence-electron chi connectivity index (χ1n) is 7.07. The molecule has 1 aromatic rings. The van der Waals surface area contributed by atoms with Gasteiger partial charge in [0.2, 0.25) is 0 Å². The molecular formula is C15H22N2O3S. The van der Waals surface area contributed by atoms with Crippen LogP contribution in [0.2, 0.25) is 0 Å². The predicted octanol–water partition coefficient (Wildman–Crippen LogP) is 1.22. The van der Waals surface area contributed by atoms with Crippen LogP contribution in [0.4, 0.5) is 0 Å². The van der Waals surface area contributed by atoms with E-state index in [4.69, 9.17) is 0 Å². The number of sulfone groups is 1. The number of piperazine rings is 1. The highest BCUT2D eigenvalue weighted by molar-refractivity contribution is 7.90. The second-order valence-electron chi connectivity index (χ2n) is 5.73. The van der Waals surface area contributed by atoms with Crippen molar-refractivity contribution >= 4 is 15.7 Å². The van der Waals surface area contributed by atoms with Crippen molar-refractivity contribution in [2.24, 2.45) is 0 Å². The van der Waals surface area contributed by atoms with E-state index in [1.165, 1.54) is 12.3 Å². The maximum Gasteiger partial charge on any atom is 0.254 e. The number of benzene rings is 1. The van der Waals surface area contributed by atoms with E-state index in [1.807, 2.05) is 13.8 Å². The van der Waals surface area contributed by atoms with Crippen LogP contribution in [-0.2, 0) is 9.84 Å². The molecule has 0 saturated carbocycles. The van der Waals surface area contributed by atoms with Crippen LogP contribution in [-0.4, -0.2) is 50.7 Å². The van der Waals surface area contributed by atoms with Crippen molar-refractivity contribution in [3.63, 3.8) is 0 Å². The molecule has 1 aromatic carbocycles. The largest absolute Gasteiger partial charge is 0.333 e. The van der Waals surface area contributed by atoms with Gasteiger partial charge in [0, 0.05) is 37.0 Å². The van der Waals surface area contributed by atoms with Crippen molar-refractivity contribution in [2.45, 2.75) is 37.8 Å². The van der Waals surface area contributed by atoms with E-state index in [0.29, 0.717) is 17.7 Å². The van der Waals surface area contributed by atoms with Crippen molar-refractivity contribution < 1.29 is 13.2 Å². The van der Waals surface area contributed by atoms with Crippen LogP contribution in [0.15, 0.2) is 23.1 Å². The fourth-order valence-corrected chi connectivity index (χ4v) is 3.64. The molecule has 2 rings (SSSR count). The number of aryl methyl sites for hydroxylation is 1. The Kier molecular flexibility index (Phi) is 4.39. The average molecular weight is 310 g/mol. The third kappa shape index (κ3) is 3.27. The van der Waals surface area contributed by atoms with Crippen LogP contribution in [0.1, 0.15) is 29.8 Å². The van der Waals surface area contributed by atoms with E-state index in [9.17, 15) is 13.2 Å². The first-order valence-corrected chi connectivity index (χ1v) is 8.96. The molecule has 0 aliphatic carbocycles. The minimum absolute atomic E-state index is 0.0780. The molecule has 5 nitrogen and oxygen atoms in total. The van der Waals surface area contributed by atoms with Crippen LogP contribution in [0.3, 0.4) is 0 Å². The molecule has 1 N–H and O–H groups in total. The average Bonchev–Trinajstić information content (AvgIpc) is 2.40. The number of hydrogen-bond acceptors (Lipinski definition) is 4. The van der Waals surface area contributed by atoms with Crippen LogP contribution in [0.5, 0.6) is 0 Å². The summed E-state index contributed by atoms with van der Waals surface area (Å²) in [6.07, 6.45) is 1.17. The van der Waals surface area contributed by atoms with E-state index in [0.717, 1.165) is 6.54 Å². The van der Waals surface area contributed by atoms with E-state index in [2.05, 4.69) is 5.32 Å². The zero-order valence-electron chi connectivity index (χ0n) is 12.9. The summed E-state index contributed by atoms with van der Waals surface area (Å²) in [6, 6.07) is 5.19. The number of nitrogens with zero attached hydrogens (tertiary/aromatic N) is 1. The molecule has 1 heterocycles. The fraction of sp³-hybridized carbons (Fsp3) is 0.533. The summed E-state index contributed by atoms with van der Waals surface area (Å²) in [7, 11) is -3.33. The number of hydrogen-bond donors (Lipinski definition) is 1. The topological polar surface area (TPSA) is 66.5 Å². The standard InChI is InChI=1S/C15H22N2O3S/c1-10-5-6-13(9-14(10)21(4,19)20)15(18)17-8-7-16-11(2)12(17)3/h5-6,9,11-12,16H,7-8H2,1-4H3. The van der Waals surface area contributed by atoms with E-state index in [-0.39, 0.29) is 22.9 Å². The van der Waals surface area contributed by atoms with Crippen molar-refractivity contribution in [3.8, 4) is 0 Å². The van der Waals surface area contributed by atoms with Crippen LogP contribution in [0, 0.1) is 6.92 Å². The van der Waals surface area contributed by atoms with Gasteiger partial charge >= 0.3 is 0 Å². The van der Waals surface area contributed by atoms with Gasteiger partial charge in [-0.15, -0.1) is 0 Å². The minimum atomic E-state index is -3.33. The molecule has 1 saturated heterocycles. The molecule has 1 amide bonds. The van der Waals surface area contributed by atoms with Crippen molar-refractivity contribution in [2.75, 3.05) is 19.3 Å². The van der Waals surface area contributed by atoms with E-state index in [1.54, 1.807) is 24.0 Å². The first kappa shape index (κ1) is 16.0. The van der Waals surface area contributed by atoms with Crippen LogP contribution < -0.4 is 5.32 Å². The van der Waals surface area contributed by atoms with Gasteiger partial charge < -0.3 is 10.2 Å². The van der Waals surface area contributed by atoms with Gasteiger partial charge in [0.15, 0.2) is 9.84 Å². The third-order valence-corrected chi connectivity index (χ3v) is 5.37. The number of carbonyl (C=O) groups is 1. The molecule has 1 fully saturated rings. The zero-order valence-corrected chi connectivity index (χ0v) is 13.7. The normalized spacial score (nSPS) is 23.1. The molecule has 6 heteroatoms. The van der Waals surface area contributed by atoms with Crippen LogP contribution in [0.25, 0.3) is 0 Å². The third-order valence-electron chi connectivity index (χ3n) is 4.13. The molecular weight excluding hydrogens is 288 g/mol. The summed E-state index contributed by atoms with van der Waals surface area (Å²) in [4.78, 5) is 14.7. The lowest BCUT2D eigenvalue weighted by Crippen LogP contribution is -2.57. The van der Waals surface area contributed by atoms with Crippen molar-refractivity contribution in [1.29, 1.82) is 0 Å². The number of rotatable bonds is 2. The highest BCUT2D eigenvalue weighted by Gasteiger charge is 2.29. The number of amides is 1. The van der Waals surface area contributed by atoms with Gasteiger partial charge in [0.1, 0.15) is 0 Å². The van der Waals surface area contributed by atoms with Gasteiger partial charge in [-0.1, -0.05) is 6.07 Å². The molecule has 0 aromatic heterocycles. The summed E-state index contributed by atoms with van der Waals surface area (Å²) >= 11 is 0. The summed E-state index contributed by atoms with van der Waals surface area (Å²) in [5, 5.41) is 3.32. The van der Waals surface area contributed by atoms with Gasteiger partial charge in [0.25, 0.3) is 5.91 Å². The lowest BCUT2D eigenvalue weighted by atomic mass is 10.0. The first-order chi connectivity index (χ1) is 9.71. The summed E-state index contributed by atoms with van der Waals surface area (Å²) < 4.78 is 23.6. The minimum Gasteiger partial charge on any atom is -0.333 e. The smallest absolute Gasteiger partial charge is 0.254 e. The predicted molar refractivity (Wildman–Crippen MR) is 82.3 cm³/mol. The van der Waals surface area contributed by atoms with Crippen LogP contribution >= 0.6 is 0 Å². The lowest BCUT2D eigenvalue weighted by molar-refractivity contribution is 0.0602. The van der Waals surface area contributed by atoms with E-state index < -0.39 is 9.84 Å². The SMILES string of the molecule is Cc1ccc(C(=O)N2CCNC(C)C2C)cc1S(C)(=O)=O. The number of carbonyl (C=O) groups excluding carboxylic acids is 1. The molecule has 2 atom stereocenters. The van der Waals surface area contributed by atoms with Gasteiger partial charge in [-0.05, 0) is 38.5 Å². The molecule has 0 bridgehead atoms.